The van der Waals surface area contributed by atoms with Crippen LogP contribution in [0.1, 0.15) is 12.0 Å². The Labute approximate surface area is 134 Å². The molecule has 0 spiro atoms. The van der Waals surface area contributed by atoms with Crippen LogP contribution in [0.5, 0.6) is 0 Å². The molecule has 1 aromatic carbocycles. The predicted molar refractivity (Wildman–Crippen MR) is 82.8 cm³/mol. The highest BCUT2D eigenvalue weighted by Crippen LogP contribution is 2.24. The molecule has 8 heteroatoms. The highest BCUT2D eigenvalue weighted by atomic mass is 35.5. The van der Waals surface area contributed by atoms with Crippen molar-refractivity contribution in [2.45, 2.75) is 12.8 Å². The molecule has 1 aliphatic heterocycles. The molecule has 2 rings (SSSR count). The van der Waals surface area contributed by atoms with Gasteiger partial charge in [-0.2, -0.15) is 0 Å². The van der Waals surface area contributed by atoms with Crippen molar-refractivity contribution in [2.75, 3.05) is 18.8 Å². The third-order valence-corrected chi connectivity index (χ3v) is 5.09. The summed E-state index contributed by atoms with van der Waals surface area (Å²) in [6.07, 6.45) is 0.878. The first-order chi connectivity index (χ1) is 9.74. The highest BCUT2D eigenvalue weighted by molar-refractivity contribution is 7.89. The molecule has 0 aromatic heterocycles. The molecule has 2 N–H and O–H groups in total. The van der Waals surface area contributed by atoms with Crippen molar-refractivity contribution in [2.24, 2.45) is 11.1 Å². The van der Waals surface area contributed by atoms with Crippen LogP contribution in [0.15, 0.2) is 18.2 Å². The van der Waals surface area contributed by atoms with Crippen molar-refractivity contribution in [3.8, 4) is 0 Å². The lowest BCUT2D eigenvalue weighted by Crippen LogP contribution is -2.29. The average molecular weight is 351 g/mol. The normalized spacial score (nSPS) is 19.3. The van der Waals surface area contributed by atoms with Crippen LogP contribution >= 0.6 is 23.2 Å². The second-order valence-corrected chi connectivity index (χ2v) is 7.71. The number of nitrogens with two attached hydrogens (primary N) is 1. The molecule has 0 bridgehead atoms. The largest absolute Gasteiger partial charge is 0.342 e. The fourth-order valence-electron chi connectivity index (χ4n) is 2.47. The molecule has 1 saturated heterocycles. The van der Waals surface area contributed by atoms with Gasteiger partial charge in [0.25, 0.3) is 0 Å². The lowest BCUT2D eigenvalue weighted by atomic mass is 10.1. The van der Waals surface area contributed by atoms with Crippen LogP contribution in [0.4, 0.5) is 0 Å². The standard InChI is InChI=1S/C13H16Cl2N2O3S/c14-11-2-1-9(5-12(11)15)3-4-17-7-10(6-13(17)18)8-21(16,19)20/h1-2,5,10H,3-4,6-8H2,(H2,16,19,20). The topological polar surface area (TPSA) is 80.5 Å². The van der Waals surface area contributed by atoms with E-state index >= 15 is 0 Å². The molecule has 21 heavy (non-hydrogen) atoms. The second-order valence-electron chi connectivity index (χ2n) is 5.24. The van der Waals surface area contributed by atoms with Crippen molar-refractivity contribution in [1.29, 1.82) is 0 Å². The number of hydrogen-bond donors (Lipinski definition) is 1. The fourth-order valence-corrected chi connectivity index (χ4v) is 3.67. The number of likely N-dealkylation sites (tertiary alicyclic amines) is 1. The smallest absolute Gasteiger partial charge is 0.222 e. The van der Waals surface area contributed by atoms with Gasteiger partial charge < -0.3 is 4.90 Å². The summed E-state index contributed by atoms with van der Waals surface area (Å²) in [5.41, 5.74) is 0.979. The van der Waals surface area contributed by atoms with E-state index < -0.39 is 10.0 Å². The number of rotatable bonds is 5. The number of hydrogen-bond acceptors (Lipinski definition) is 3. The molecule has 1 fully saturated rings. The molecular weight excluding hydrogens is 335 g/mol. The van der Waals surface area contributed by atoms with Gasteiger partial charge in [0, 0.05) is 25.4 Å². The minimum Gasteiger partial charge on any atom is -0.342 e. The quantitative estimate of drug-likeness (QED) is 0.876. The van der Waals surface area contributed by atoms with E-state index in [9.17, 15) is 13.2 Å². The van der Waals surface area contributed by atoms with E-state index in [-0.39, 0.29) is 24.0 Å². The van der Waals surface area contributed by atoms with Gasteiger partial charge in [0.15, 0.2) is 0 Å². The first-order valence-electron chi connectivity index (χ1n) is 6.47. The lowest BCUT2D eigenvalue weighted by molar-refractivity contribution is -0.127. The van der Waals surface area contributed by atoms with Gasteiger partial charge >= 0.3 is 0 Å². The SMILES string of the molecule is NS(=O)(=O)CC1CC(=O)N(CCc2ccc(Cl)c(Cl)c2)C1. The van der Waals surface area contributed by atoms with Gasteiger partial charge in [-0.05, 0) is 24.1 Å². The van der Waals surface area contributed by atoms with E-state index in [2.05, 4.69) is 0 Å². The number of amides is 1. The van der Waals surface area contributed by atoms with Crippen LogP contribution in [-0.4, -0.2) is 38.1 Å². The molecule has 0 saturated carbocycles. The summed E-state index contributed by atoms with van der Waals surface area (Å²) < 4.78 is 22.1. The third-order valence-electron chi connectivity index (χ3n) is 3.42. The molecule has 0 radical (unpaired) electrons. The van der Waals surface area contributed by atoms with Crippen molar-refractivity contribution in [3.63, 3.8) is 0 Å². The summed E-state index contributed by atoms with van der Waals surface area (Å²) in [5.74, 6) is -0.410. The van der Waals surface area contributed by atoms with Crippen LogP contribution in [0, 0.1) is 5.92 Å². The van der Waals surface area contributed by atoms with Gasteiger partial charge in [0.1, 0.15) is 0 Å². The maximum Gasteiger partial charge on any atom is 0.222 e. The van der Waals surface area contributed by atoms with Crippen molar-refractivity contribution >= 4 is 39.1 Å². The number of carbonyl (C=O) groups is 1. The summed E-state index contributed by atoms with van der Waals surface area (Å²) in [5, 5.41) is 5.99. The number of sulfonamides is 1. The van der Waals surface area contributed by atoms with Crippen LogP contribution in [0.2, 0.25) is 10.0 Å². The summed E-state index contributed by atoms with van der Waals surface area (Å²) >= 11 is 11.8. The van der Waals surface area contributed by atoms with Gasteiger partial charge in [0.2, 0.25) is 15.9 Å². The van der Waals surface area contributed by atoms with Crippen LogP contribution in [-0.2, 0) is 21.2 Å². The Morgan fingerprint density at radius 1 is 1.29 bits per heavy atom. The molecule has 1 aromatic rings. The summed E-state index contributed by atoms with van der Waals surface area (Å²) in [6.45, 7) is 0.953. The molecule has 5 nitrogen and oxygen atoms in total. The average Bonchev–Trinajstić information content (AvgIpc) is 2.68. The Hall–Kier alpha value is -0.820. The molecular formula is C13H16Cl2N2O3S. The Bertz CT molecular complexity index is 649. The molecule has 1 atom stereocenters. The Kier molecular flexibility index (Phi) is 5.14. The Morgan fingerprint density at radius 3 is 2.62 bits per heavy atom. The van der Waals surface area contributed by atoms with Gasteiger partial charge in [-0.3, -0.25) is 4.79 Å². The minimum absolute atomic E-state index is 0.0382. The zero-order valence-electron chi connectivity index (χ0n) is 11.3. The summed E-state index contributed by atoms with van der Waals surface area (Å²) in [6, 6.07) is 5.34. The fraction of sp³-hybridized carbons (Fsp3) is 0.462. The number of benzene rings is 1. The van der Waals surface area contributed by atoms with Gasteiger partial charge in [0.05, 0.1) is 15.8 Å². The molecule has 0 aliphatic carbocycles. The van der Waals surface area contributed by atoms with Gasteiger partial charge in [-0.15, -0.1) is 0 Å². The molecule has 1 unspecified atom stereocenters. The van der Waals surface area contributed by atoms with Crippen LogP contribution in [0.25, 0.3) is 0 Å². The number of halogens is 2. The summed E-state index contributed by atoms with van der Waals surface area (Å²) in [7, 11) is -3.54. The number of carbonyl (C=O) groups excluding carboxylic acids is 1. The Morgan fingerprint density at radius 2 is 2.00 bits per heavy atom. The lowest BCUT2D eigenvalue weighted by Gasteiger charge is -2.16. The highest BCUT2D eigenvalue weighted by Gasteiger charge is 2.31. The first kappa shape index (κ1) is 16.5. The van der Waals surface area contributed by atoms with E-state index in [1.54, 1.807) is 17.0 Å². The maximum absolute atomic E-state index is 11.9. The van der Waals surface area contributed by atoms with E-state index in [0.717, 1.165) is 5.56 Å². The van der Waals surface area contributed by atoms with Crippen molar-refractivity contribution < 1.29 is 13.2 Å². The van der Waals surface area contributed by atoms with E-state index in [0.29, 0.717) is 29.6 Å². The van der Waals surface area contributed by atoms with E-state index in [1.165, 1.54) is 0 Å². The number of primary sulfonamides is 1. The van der Waals surface area contributed by atoms with Gasteiger partial charge in [-0.25, -0.2) is 13.6 Å². The molecule has 1 heterocycles. The monoisotopic (exact) mass is 350 g/mol. The molecule has 1 amide bonds. The van der Waals surface area contributed by atoms with Crippen molar-refractivity contribution in [1.82, 2.24) is 4.90 Å². The van der Waals surface area contributed by atoms with E-state index in [1.807, 2.05) is 6.07 Å². The van der Waals surface area contributed by atoms with Crippen molar-refractivity contribution in [3.05, 3.63) is 33.8 Å². The Balaban J connectivity index is 1.91. The zero-order chi connectivity index (χ0) is 15.6. The first-order valence-corrected chi connectivity index (χ1v) is 8.94. The minimum atomic E-state index is -3.54. The van der Waals surface area contributed by atoms with E-state index in [4.69, 9.17) is 28.3 Å². The van der Waals surface area contributed by atoms with Gasteiger partial charge in [-0.1, -0.05) is 29.3 Å². The zero-order valence-corrected chi connectivity index (χ0v) is 13.6. The second kappa shape index (κ2) is 6.52. The summed E-state index contributed by atoms with van der Waals surface area (Å²) in [4.78, 5) is 13.5. The number of nitrogens with zero attached hydrogens (tertiary/aromatic N) is 1. The predicted octanol–water partition coefficient (Wildman–Crippen LogP) is 1.67. The molecule has 116 valence electrons. The third kappa shape index (κ3) is 4.85. The van der Waals surface area contributed by atoms with Crippen LogP contribution in [0.3, 0.4) is 0 Å². The maximum atomic E-state index is 11.9. The van der Waals surface area contributed by atoms with Crippen LogP contribution < -0.4 is 5.14 Å². The molecule has 1 aliphatic rings.